The quantitative estimate of drug-likeness (QED) is 0.493. The van der Waals surface area contributed by atoms with Crippen LogP contribution in [0.3, 0.4) is 0 Å². The maximum absolute atomic E-state index is 11.1. The number of carbonyl (C=O) groups is 1. The van der Waals surface area contributed by atoms with E-state index in [4.69, 9.17) is 17.3 Å². The average molecular weight is 300 g/mol. The number of hydrogen-bond acceptors (Lipinski definition) is 6. The number of primary amides is 1. The summed E-state index contributed by atoms with van der Waals surface area (Å²) in [7, 11) is 0. The monoisotopic (exact) mass is 299 g/mol. The Kier molecular flexibility index (Phi) is 4.33. The summed E-state index contributed by atoms with van der Waals surface area (Å²) in [6.45, 7) is 0. The van der Waals surface area contributed by atoms with Gasteiger partial charge in [0.2, 0.25) is 16.9 Å². The number of anilines is 1. The highest BCUT2D eigenvalue weighted by atomic mass is 35.5. The molecule has 1 amide bonds. The van der Waals surface area contributed by atoms with Gasteiger partial charge < -0.3 is 11.1 Å². The third-order valence-corrected chi connectivity index (χ3v) is 3.71. The molecule has 1 aliphatic carbocycles. The minimum atomic E-state index is -0.611. The fraction of sp³-hybridized carbons (Fsp3) is 0.545. The van der Waals surface area contributed by atoms with Crippen LogP contribution in [-0.2, 0) is 4.79 Å². The molecule has 3 N–H and O–H groups in total. The SMILES string of the molecule is NC(=O)C1CCC(Nc2ncnc(Cl)c2[N+](=O)[O-])CC1. The maximum Gasteiger partial charge on any atom is 0.348 e. The van der Waals surface area contributed by atoms with Gasteiger partial charge in [0.05, 0.1) is 4.92 Å². The minimum Gasteiger partial charge on any atom is -0.369 e. The number of halogens is 1. The molecule has 9 heteroatoms. The van der Waals surface area contributed by atoms with Crippen LogP contribution in [0.15, 0.2) is 6.33 Å². The zero-order valence-electron chi connectivity index (χ0n) is 10.6. The van der Waals surface area contributed by atoms with Crippen LogP contribution in [0, 0.1) is 16.0 Å². The highest BCUT2D eigenvalue weighted by Crippen LogP contribution is 2.32. The van der Waals surface area contributed by atoms with Crippen molar-refractivity contribution in [2.24, 2.45) is 11.7 Å². The maximum atomic E-state index is 11.1. The van der Waals surface area contributed by atoms with Gasteiger partial charge >= 0.3 is 5.69 Å². The molecule has 20 heavy (non-hydrogen) atoms. The zero-order chi connectivity index (χ0) is 14.7. The summed E-state index contributed by atoms with van der Waals surface area (Å²) >= 11 is 5.71. The minimum absolute atomic E-state index is 0.00951. The van der Waals surface area contributed by atoms with Crippen molar-refractivity contribution in [2.75, 3.05) is 5.32 Å². The van der Waals surface area contributed by atoms with Crippen molar-refractivity contribution >= 4 is 29.0 Å². The van der Waals surface area contributed by atoms with Crippen LogP contribution in [0.4, 0.5) is 11.5 Å². The Morgan fingerprint density at radius 3 is 2.60 bits per heavy atom. The second-order valence-electron chi connectivity index (χ2n) is 4.71. The summed E-state index contributed by atoms with van der Waals surface area (Å²) in [5.74, 6) is -0.297. The van der Waals surface area contributed by atoms with Gasteiger partial charge in [-0.25, -0.2) is 9.97 Å². The molecule has 0 spiro atoms. The van der Waals surface area contributed by atoms with Crippen molar-refractivity contribution in [3.05, 3.63) is 21.6 Å². The first-order valence-corrected chi connectivity index (χ1v) is 6.57. The van der Waals surface area contributed by atoms with Gasteiger partial charge in [0, 0.05) is 12.0 Å². The molecule has 0 unspecified atom stereocenters. The molecular formula is C11H14ClN5O3. The van der Waals surface area contributed by atoms with Gasteiger partial charge in [-0.15, -0.1) is 0 Å². The highest BCUT2D eigenvalue weighted by Gasteiger charge is 2.28. The largest absolute Gasteiger partial charge is 0.369 e. The first kappa shape index (κ1) is 14.4. The Balaban J connectivity index is 2.07. The number of nitrogens with one attached hydrogen (secondary N) is 1. The number of rotatable bonds is 4. The molecule has 0 saturated heterocycles. The van der Waals surface area contributed by atoms with E-state index < -0.39 is 4.92 Å². The molecule has 1 fully saturated rings. The van der Waals surface area contributed by atoms with Gasteiger partial charge in [-0.1, -0.05) is 11.6 Å². The first-order valence-electron chi connectivity index (χ1n) is 6.19. The van der Waals surface area contributed by atoms with Gasteiger partial charge in [0.25, 0.3) is 0 Å². The number of hydrogen-bond donors (Lipinski definition) is 2. The van der Waals surface area contributed by atoms with E-state index in [2.05, 4.69) is 15.3 Å². The molecule has 0 aliphatic heterocycles. The molecule has 2 rings (SSSR count). The second kappa shape index (κ2) is 6.00. The van der Waals surface area contributed by atoms with Crippen LogP contribution < -0.4 is 11.1 Å². The van der Waals surface area contributed by atoms with Crippen LogP contribution in [0.25, 0.3) is 0 Å². The van der Waals surface area contributed by atoms with E-state index in [0.29, 0.717) is 25.7 Å². The lowest BCUT2D eigenvalue weighted by Crippen LogP contribution is -2.32. The Morgan fingerprint density at radius 2 is 2.05 bits per heavy atom. The molecule has 1 saturated carbocycles. The van der Waals surface area contributed by atoms with Crippen LogP contribution in [0.2, 0.25) is 5.15 Å². The number of nitrogens with zero attached hydrogens (tertiary/aromatic N) is 3. The Labute approximate surface area is 119 Å². The van der Waals surface area contributed by atoms with Crippen LogP contribution >= 0.6 is 11.6 Å². The fourth-order valence-electron chi connectivity index (χ4n) is 2.34. The van der Waals surface area contributed by atoms with Crippen molar-refractivity contribution < 1.29 is 9.72 Å². The Morgan fingerprint density at radius 1 is 1.40 bits per heavy atom. The van der Waals surface area contributed by atoms with Crippen LogP contribution in [-0.4, -0.2) is 26.8 Å². The predicted molar refractivity (Wildman–Crippen MR) is 72.3 cm³/mol. The van der Waals surface area contributed by atoms with E-state index in [0.717, 1.165) is 0 Å². The Bertz CT molecular complexity index is 531. The van der Waals surface area contributed by atoms with E-state index in [-0.39, 0.29) is 34.5 Å². The zero-order valence-corrected chi connectivity index (χ0v) is 11.3. The number of nitrogens with two attached hydrogens (primary N) is 1. The van der Waals surface area contributed by atoms with Gasteiger partial charge in [0.15, 0.2) is 0 Å². The van der Waals surface area contributed by atoms with E-state index in [1.54, 1.807) is 0 Å². The third-order valence-electron chi connectivity index (χ3n) is 3.43. The van der Waals surface area contributed by atoms with E-state index in [9.17, 15) is 14.9 Å². The molecule has 0 bridgehead atoms. The van der Waals surface area contributed by atoms with Gasteiger partial charge in [-0.05, 0) is 25.7 Å². The molecule has 1 aromatic rings. The smallest absolute Gasteiger partial charge is 0.348 e. The molecule has 0 radical (unpaired) electrons. The molecule has 1 aromatic heterocycles. The molecular weight excluding hydrogens is 286 g/mol. The topological polar surface area (TPSA) is 124 Å². The molecule has 1 aliphatic rings. The van der Waals surface area contributed by atoms with Gasteiger partial charge in [0.1, 0.15) is 6.33 Å². The van der Waals surface area contributed by atoms with Crippen LogP contribution in [0.5, 0.6) is 0 Å². The summed E-state index contributed by atoms with van der Waals surface area (Å²) in [5.41, 5.74) is 4.93. The summed E-state index contributed by atoms with van der Waals surface area (Å²) in [5, 5.41) is 13.8. The van der Waals surface area contributed by atoms with E-state index in [1.807, 2.05) is 0 Å². The molecule has 0 aromatic carbocycles. The van der Waals surface area contributed by atoms with Crippen molar-refractivity contribution in [1.29, 1.82) is 0 Å². The van der Waals surface area contributed by atoms with E-state index in [1.165, 1.54) is 6.33 Å². The molecule has 0 atom stereocenters. The summed E-state index contributed by atoms with van der Waals surface area (Å²) in [6, 6.07) is 0.00951. The lowest BCUT2D eigenvalue weighted by molar-refractivity contribution is -0.384. The molecule has 108 valence electrons. The number of amides is 1. The van der Waals surface area contributed by atoms with Crippen molar-refractivity contribution in [3.63, 3.8) is 0 Å². The Hall–Kier alpha value is -1.96. The first-order chi connectivity index (χ1) is 9.49. The van der Waals surface area contributed by atoms with Gasteiger partial charge in [-0.3, -0.25) is 14.9 Å². The fourth-order valence-corrected chi connectivity index (χ4v) is 2.54. The number of carbonyl (C=O) groups excluding carboxylic acids is 1. The lowest BCUT2D eigenvalue weighted by Gasteiger charge is -2.27. The average Bonchev–Trinajstić information content (AvgIpc) is 2.39. The normalized spacial score (nSPS) is 22.2. The second-order valence-corrected chi connectivity index (χ2v) is 5.07. The molecule has 1 heterocycles. The summed E-state index contributed by atoms with van der Waals surface area (Å²) < 4.78 is 0. The van der Waals surface area contributed by atoms with Crippen molar-refractivity contribution in [1.82, 2.24) is 9.97 Å². The van der Waals surface area contributed by atoms with Gasteiger partial charge in [-0.2, -0.15) is 0 Å². The standard InChI is InChI=1S/C11H14ClN5O3/c12-9-8(17(19)20)11(15-5-14-9)16-7-3-1-6(2-4-7)10(13)18/h5-7H,1-4H2,(H2,13,18)(H,14,15,16). The third kappa shape index (κ3) is 3.13. The highest BCUT2D eigenvalue weighted by molar-refractivity contribution is 6.31. The van der Waals surface area contributed by atoms with Crippen LogP contribution in [0.1, 0.15) is 25.7 Å². The summed E-state index contributed by atoms with van der Waals surface area (Å²) in [4.78, 5) is 28.9. The number of aromatic nitrogens is 2. The number of nitro groups is 1. The van der Waals surface area contributed by atoms with Crippen molar-refractivity contribution in [2.45, 2.75) is 31.7 Å². The van der Waals surface area contributed by atoms with Crippen molar-refractivity contribution in [3.8, 4) is 0 Å². The van der Waals surface area contributed by atoms with E-state index >= 15 is 0 Å². The molecule has 8 nitrogen and oxygen atoms in total. The summed E-state index contributed by atoms with van der Waals surface area (Å²) in [6.07, 6.45) is 3.91. The predicted octanol–water partition coefficient (Wildman–Crippen LogP) is 1.49. The lowest BCUT2D eigenvalue weighted by atomic mass is 9.85.